The third kappa shape index (κ3) is 7.75. The minimum Gasteiger partial charge on any atom is -0.352 e. The maximum absolute atomic E-state index is 4.44. The van der Waals surface area contributed by atoms with E-state index >= 15 is 0 Å². The van der Waals surface area contributed by atoms with Crippen molar-refractivity contribution in [1.82, 2.24) is 20.5 Å². The summed E-state index contributed by atoms with van der Waals surface area (Å²) in [5.41, 5.74) is 2.64. The number of thiazole rings is 1. The summed E-state index contributed by atoms with van der Waals surface area (Å²) in [4.78, 5) is 12.4. The summed E-state index contributed by atoms with van der Waals surface area (Å²) in [6.45, 7) is 8.98. The van der Waals surface area contributed by atoms with Crippen molar-refractivity contribution in [2.24, 2.45) is 4.99 Å². The Labute approximate surface area is 184 Å². The molecule has 27 heavy (non-hydrogen) atoms. The van der Waals surface area contributed by atoms with E-state index in [2.05, 4.69) is 77.6 Å². The number of aromatic nitrogens is 1. The molecule has 0 bridgehead atoms. The largest absolute Gasteiger partial charge is 0.352 e. The summed E-state index contributed by atoms with van der Waals surface area (Å²) >= 11 is 1.75. The van der Waals surface area contributed by atoms with Gasteiger partial charge in [0.2, 0.25) is 0 Å². The van der Waals surface area contributed by atoms with Crippen LogP contribution in [0.2, 0.25) is 0 Å². The first-order chi connectivity index (χ1) is 12.5. The molecule has 0 radical (unpaired) electrons. The van der Waals surface area contributed by atoms with Crippen molar-refractivity contribution in [3.63, 3.8) is 0 Å². The summed E-state index contributed by atoms with van der Waals surface area (Å²) in [6.07, 6.45) is 2.99. The Morgan fingerprint density at radius 1 is 1.19 bits per heavy atom. The molecule has 0 atom stereocenters. The summed E-state index contributed by atoms with van der Waals surface area (Å²) < 4.78 is 0. The summed E-state index contributed by atoms with van der Waals surface area (Å²) in [5, 5.41) is 7.85. The summed E-state index contributed by atoms with van der Waals surface area (Å²) in [5.74, 6) is 0.797. The van der Waals surface area contributed by atoms with Crippen molar-refractivity contribution < 1.29 is 0 Å². The average Bonchev–Trinajstić information content (AvgIpc) is 3.11. The number of rotatable bonds is 8. The van der Waals surface area contributed by atoms with Crippen LogP contribution in [0.4, 0.5) is 0 Å². The minimum atomic E-state index is 0. The van der Waals surface area contributed by atoms with E-state index in [1.54, 1.807) is 18.4 Å². The molecule has 0 aliphatic rings. The van der Waals surface area contributed by atoms with Gasteiger partial charge in [0.15, 0.2) is 5.96 Å². The lowest BCUT2D eigenvalue weighted by atomic mass is 10.1. The topological polar surface area (TPSA) is 52.6 Å². The number of benzene rings is 1. The lowest BCUT2D eigenvalue weighted by molar-refractivity contribution is 0.265. The van der Waals surface area contributed by atoms with E-state index in [0.717, 1.165) is 30.5 Å². The van der Waals surface area contributed by atoms with Gasteiger partial charge in [0.1, 0.15) is 5.01 Å². The highest BCUT2D eigenvalue weighted by Gasteiger charge is 2.09. The highest BCUT2D eigenvalue weighted by molar-refractivity contribution is 14.0. The standard InChI is InChI=1S/C20H31N5S.HI/c1-6-18-12-22-19(26-18)13-24-20(21-4)23-11-16-9-7-8-10-17(16)14-25(5)15(2)3;/h7-10,12,15H,6,11,13-14H2,1-5H3,(H2,21,23,24);1H. The first-order valence-corrected chi connectivity index (χ1v) is 10.00. The Kier molecular flexibility index (Phi) is 10.9. The van der Waals surface area contributed by atoms with Crippen LogP contribution in [0.3, 0.4) is 0 Å². The maximum atomic E-state index is 4.44. The van der Waals surface area contributed by atoms with E-state index < -0.39 is 0 Å². The fourth-order valence-corrected chi connectivity index (χ4v) is 3.29. The van der Waals surface area contributed by atoms with E-state index in [0.29, 0.717) is 12.6 Å². The van der Waals surface area contributed by atoms with Gasteiger partial charge < -0.3 is 10.6 Å². The molecule has 0 amide bonds. The molecule has 0 saturated carbocycles. The van der Waals surface area contributed by atoms with Gasteiger partial charge in [0, 0.05) is 37.3 Å². The van der Waals surface area contributed by atoms with Crippen molar-refractivity contribution in [1.29, 1.82) is 0 Å². The number of guanidine groups is 1. The molecule has 2 rings (SSSR count). The Bertz CT molecular complexity index is 714. The predicted octanol–water partition coefficient (Wildman–Crippen LogP) is 4.03. The van der Waals surface area contributed by atoms with Crippen LogP contribution in [0.5, 0.6) is 0 Å². The first-order valence-electron chi connectivity index (χ1n) is 9.18. The van der Waals surface area contributed by atoms with Crippen LogP contribution in [-0.2, 0) is 26.1 Å². The van der Waals surface area contributed by atoms with Gasteiger partial charge in [-0.05, 0) is 38.4 Å². The Hall–Kier alpha value is -1.19. The smallest absolute Gasteiger partial charge is 0.191 e. The number of nitrogens with one attached hydrogen (secondary N) is 2. The number of nitrogens with zero attached hydrogens (tertiary/aromatic N) is 3. The fourth-order valence-electron chi connectivity index (χ4n) is 2.49. The van der Waals surface area contributed by atoms with Gasteiger partial charge in [-0.25, -0.2) is 4.98 Å². The molecule has 2 aromatic rings. The second-order valence-electron chi connectivity index (χ2n) is 6.63. The van der Waals surface area contributed by atoms with E-state index in [-0.39, 0.29) is 24.0 Å². The van der Waals surface area contributed by atoms with E-state index in [9.17, 15) is 0 Å². The third-order valence-corrected chi connectivity index (χ3v) is 5.59. The number of hydrogen-bond acceptors (Lipinski definition) is 4. The molecule has 0 aliphatic heterocycles. The fraction of sp³-hybridized carbons (Fsp3) is 0.500. The van der Waals surface area contributed by atoms with Crippen molar-refractivity contribution in [2.45, 2.75) is 52.9 Å². The van der Waals surface area contributed by atoms with Crippen LogP contribution >= 0.6 is 35.3 Å². The second-order valence-corrected chi connectivity index (χ2v) is 7.83. The number of halogens is 1. The van der Waals surface area contributed by atoms with Crippen molar-refractivity contribution in [3.8, 4) is 0 Å². The second kappa shape index (κ2) is 12.3. The third-order valence-electron chi connectivity index (χ3n) is 4.45. The van der Waals surface area contributed by atoms with E-state index in [1.165, 1.54) is 16.0 Å². The molecule has 0 spiro atoms. The number of aryl methyl sites for hydroxylation is 1. The van der Waals surface area contributed by atoms with E-state index in [1.807, 2.05) is 6.20 Å². The van der Waals surface area contributed by atoms with Gasteiger partial charge in [-0.2, -0.15) is 0 Å². The molecule has 0 saturated heterocycles. The van der Waals surface area contributed by atoms with E-state index in [4.69, 9.17) is 0 Å². The molecule has 2 N–H and O–H groups in total. The molecule has 1 aromatic heterocycles. The molecule has 5 nitrogen and oxygen atoms in total. The van der Waals surface area contributed by atoms with Crippen LogP contribution in [-0.4, -0.2) is 36.0 Å². The molecular weight excluding hydrogens is 469 g/mol. The van der Waals surface area contributed by atoms with Gasteiger partial charge >= 0.3 is 0 Å². The van der Waals surface area contributed by atoms with Gasteiger partial charge in [0.05, 0.1) is 6.54 Å². The SMILES string of the molecule is CCc1cnc(CNC(=NC)NCc2ccccc2CN(C)C(C)C)s1.I. The average molecular weight is 501 g/mol. The highest BCUT2D eigenvalue weighted by atomic mass is 127. The van der Waals surface area contributed by atoms with Crippen LogP contribution in [0, 0.1) is 0 Å². The maximum Gasteiger partial charge on any atom is 0.191 e. The zero-order valence-corrected chi connectivity index (χ0v) is 20.1. The quantitative estimate of drug-likeness (QED) is 0.326. The first kappa shape index (κ1) is 23.8. The van der Waals surface area contributed by atoms with Gasteiger partial charge in [0.25, 0.3) is 0 Å². The monoisotopic (exact) mass is 501 g/mol. The molecule has 0 fully saturated rings. The molecule has 0 unspecified atom stereocenters. The van der Waals surface area contributed by atoms with Crippen LogP contribution in [0.15, 0.2) is 35.5 Å². The normalized spacial score (nSPS) is 11.6. The Morgan fingerprint density at radius 3 is 2.44 bits per heavy atom. The molecule has 150 valence electrons. The molecular formula is C20H32IN5S. The minimum absolute atomic E-state index is 0. The molecule has 0 aliphatic carbocycles. The Morgan fingerprint density at radius 2 is 1.85 bits per heavy atom. The summed E-state index contributed by atoms with van der Waals surface area (Å²) in [6, 6.07) is 9.10. The van der Waals surface area contributed by atoms with Crippen molar-refractivity contribution >= 4 is 41.3 Å². The number of aliphatic imine (C=N–C) groups is 1. The van der Waals surface area contributed by atoms with Crippen LogP contribution < -0.4 is 10.6 Å². The van der Waals surface area contributed by atoms with Gasteiger partial charge in [-0.15, -0.1) is 35.3 Å². The van der Waals surface area contributed by atoms with Crippen LogP contribution in [0.1, 0.15) is 41.8 Å². The number of hydrogen-bond donors (Lipinski definition) is 2. The van der Waals surface area contributed by atoms with Gasteiger partial charge in [-0.1, -0.05) is 31.2 Å². The van der Waals surface area contributed by atoms with Crippen molar-refractivity contribution in [3.05, 3.63) is 51.5 Å². The van der Waals surface area contributed by atoms with Crippen molar-refractivity contribution in [2.75, 3.05) is 14.1 Å². The zero-order chi connectivity index (χ0) is 18.9. The van der Waals surface area contributed by atoms with Gasteiger partial charge in [-0.3, -0.25) is 9.89 Å². The lowest BCUT2D eigenvalue weighted by Gasteiger charge is -2.23. The lowest BCUT2D eigenvalue weighted by Crippen LogP contribution is -2.36. The Balaban J connectivity index is 0.00000364. The van der Waals surface area contributed by atoms with Crippen LogP contribution in [0.25, 0.3) is 0 Å². The zero-order valence-electron chi connectivity index (χ0n) is 17.0. The molecule has 7 heteroatoms. The highest BCUT2D eigenvalue weighted by Crippen LogP contribution is 2.14. The predicted molar refractivity (Wildman–Crippen MR) is 127 cm³/mol. The molecule has 1 heterocycles. The summed E-state index contributed by atoms with van der Waals surface area (Å²) in [7, 11) is 3.96. The molecule has 1 aromatic carbocycles.